The van der Waals surface area contributed by atoms with Crippen molar-refractivity contribution < 1.29 is 9.90 Å². The molecular weight excluding hydrogens is 426 g/mol. The molecule has 0 radical (unpaired) electrons. The van der Waals surface area contributed by atoms with Gasteiger partial charge < -0.3 is 25.6 Å². The molecule has 0 spiro atoms. The topological polar surface area (TPSA) is 93.3 Å². The van der Waals surface area contributed by atoms with Crippen molar-refractivity contribution in [2.24, 2.45) is 0 Å². The van der Waals surface area contributed by atoms with Gasteiger partial charge in [0.25, 0.3) is 5.91 Å². The van der Waals surface area contributed by atoms with Gasteiger partial charge in [-0.25, -0.2) is 0 Å². The van der Waals surface area contributed by atoms with Crippen LogP contribution in [0.5, 0.6) is 0 Å². The van der Waals surface area contributed by atoms with E-state index in [9.17, 15) is 4.79 Å². The monoisotopic (exact) mass is 463 g/mol. The Balaban J connectivity index is 1.35. The SMILES string of the molecule is CN(CCCCO)CCCNC1CCCc2c1[nH]c1ccc(C(=O)NCc3cccnc3)cc21. The van der Waals surface area contributed by atoms with Gasteiger partial charge in [0, 0.05) is 53.7 Å². The Labute approximate surface area is 202 Å². The molecule has 0 saturated heterocycles. The number of hydrogen-bond acceptors (Lipinski definition) is 5. The van der Waals surface area contributed by atoms with Gasteiger partial charge in [-0.1, -0.05) is 6.07 Å². The number of nitrogens with zero attached hydrogens (tertiary/aromatic N) is 2. The number of fused-ring (bicyclic) bond motifs is 3. The lowest BCUT2D eigenvalue weighted by Gasteiger charge is -2.24. The number of aromatic amines is 1. The molecule has 34 heavy (non-hydrogen) atoms. The number of aliphatic hydroxyl groups excluding tert-OH is 1. The maximum atomic E-state index is 12.8. The summed E-state index contributed by atoms with van der Waals surface area (Å²) in [6.07, 6.45) is 9.85. The molecule has 0 fully saturated rings. The Morgan fingerprint density at radius 3 is 2.94 bits per heavy atom. The van der Waals surface area contributed by atoms with Crippen LogP contribution in [0.25, 0.3) is 10.9 Å². The van der Waals surface area contributed by atoms with Crippen LogP contribution in [0.2, 0.25) is 0 Å². The van der Waals surface area contributed by atoms with Crippen LogP contribution in [0.1, 0.15) is 65.3 Å². The Bertz CT molecular complexity index is 1070. The summed E-state index contributed by atoms with van der Waals surface area (Å²) in [7, 11) is 2.15. The van der Waals surface area contributed by atoms with Crippen LogP contribution in [0.3, 0.4) is 0 Å². The van der Waals surface area contributed by atoms with E-state index < -0.39 is 0 Å². The highest BCUT2D eigenvalue weighted by molar-refractivity contribution is 5.99. The lowest BCUT2D eigenvalue weighted by molar-refractivity contribution is 0.0951. The van der Waals surface area contributed by atoms with Gasteiger partial charge in [0.1, 0.15) is 0 Å². The zero-order chi connectivity index (χ0) is 23.8. The van der Waals surface area contributed by atoms with Crippen molar-refractivity contribution in [3.05, 3.63) is 65.1 Å². The number of amides is 1. The lowest BCUT2D eigenvalue weighted by Crippen LogP contribution is -2.29. The predicted molar refractivity (Wildman–Crippen MR) is 136 cm³/mol. The number of unbranched alkanes of at least 4 members (excludes halogenated alkanes) is 1. The Morgan fingerprint density at radius 2 is 2.12 bits per heavy atom. The van der Waals surface area contributed by atoms with E-state index in [2.05, 4.69) is 32.5 Å². The molecule has 1 amide bonds. The standard InChI is InChI=1S/C27H37N5O2/c1-32(14-2-3-16-33)15-6-13-29-25-9-4-8-22-23-17-21(10-11-24(23)31-26(22)25)27(34)30-19-20-7-5-12-28-18-20/h5,7,10-12,17-18,25,29,31,33H,2-4,6,8-9,13-16,19H2,1H3,(H,30,34). The van der Waals surface area contributed by atoms with E-state index in [4.69, 9.17) is 5.11 Å². The number of benzene rings is 1. The van der Waals surface area contributed by atoms with Crippen LogP contribution in [0.15, 0.2) is 42.7 Å². The number of hydrogen-bond donors (Lipinski definition) is 4. The second-order valence-electron chi connectivity index (χ2n) is 9.31. The van der Waals surface area contributed by atoms with Crippen LogP contribution >= 0.6 is 0 Å². The highest BCUT2D eigenvalue weighted by Gasteiger charge is 2.24. The van der Waals surface area contributed by atoms with Gasteiger partial charge in [-0.2, -0.15) is 0 Å². The van der Waals surface area contributed by atoms with E-state index in [1.54, 1.807) is 12.4 Å². The quantitative estimate of drug-likeness (QED) is 0.308. The number of carbonyl (C=O) groups is 1. The van der Waals surface area contributed by atoms with Crippen LogP contribution in [-0.2, 0) is 13.0 Å². The van der Waals surface area contributed by atoms with Gasteiger partial charge in [-0.3, -0.25) is 9.78 Å². The Morgan fingerprint density at radius 1 is 1.24 bits per heavy atom. The zero-order valence-corrected chi connectivity index (χ0v) is 20.1. The van der Waals surface area contributed by atoms with Gasteiger partial charge >= 0.3 is 0 Å². The zero-order valence-electron chi connectivity index (χ0n) is 20.1. The summed E-state index contributed by atoms with van der Waals surface area (Å²) in [5, 5.41) is 16.8. The van der Waals surface area contributed by atoms with Gasteiger partial charge in [0.2, 0.25) is 0 Å². The minimum atomic E-state index is -0.0608. The van der Waals surface area contributed by atoms with Crippen LogP contribution in [-0.4, -0.2) is 59.2 Å². The maximum Gasteiger partial charge on any atom is 0.251 e. The van der Waals surface area contributed by atoms with Crippen molar-refractivity contribution in [1.29, 1.82) is 0 Å². The fourth-order valence-corrected chi connectivity index (χ4v) is 4.83. The van der Waals surface area contributed by atoms with Gasteiger partial charge in [0.05, 0.1) is 0 Å². The third kappa shape index (κ3) is 6.23. The number of pyridine rings is 1. The van der Waals surface area contributed by atoms with Gasteiger partial charge in [-0.15, -0.1) is 0 Å². The lowest BCUT2D eigenvalue weighted by atomic mass is 9.91. The molecule has 7 nitrogen and oxygen atoms in total. The van der Waals surface area contributed by atoms with E-state index in [1.807, 2.05) is 30.3 Å². The van der Waals surface area contributed by atoms with E-state index in [1.165, 1.54) is 16.6 Å². The Kier molecular flexibility index (Phi) is 8.68. The third-order valence-electron chi connectivity index (χ3n) is 6.70. The van der Waals surface area contributed by atoms with E-state index in [0.717, 1.165) is 69.2 Å². The number of aliphatic hydroxyl groups is 1. The van der Waals surface area contributed by atoms with E-state index in [-0.39, 0.29) is 12.5 Å². The average Bonchev–Trinajstić information content (AvgIpc) is 3.24. The summed E-state index contributed by atoms with van der Waals surface area (Å²) in [6.45, 7) is 3.82. The number of aryl methyl sites for hydroxylation is 1. The summed E-state index contributed by atoms with van der Waals surface area (Å²) in [5.74, 6) is -0.0608. The van der Waals surface area contributed by atoms with Gasteiger partial charge in [-0.05, 0) is 101 Å². The second kappa shape index (κ2) is 12.1. The van der Waals surface area contributed by atoms with Crippen molar-refractivity contribution >= 4 is 16.8 Å². The minimum Gasteiger partial charge on any atom is -0.396 e. The Hall–Kier alpha value is -2.74. The molecule has 0 aliphatic heterocycles. The largest absolute Gasteiger partial charge is 0.396 e. The molecule has 1 aliphatic rings. The fraction of sp³-hybridized carbons (Fsp3) is 0.481. The number of aromatic nitrogens is 2. The van der Waals surface area contributed by atoms with Gasteiger partial charge in [0.15, 0.2) is 0 Å². The van der Waals surface area contributed by atoms with Crippen LogP contribution < -0.4 is 10.6 Å². The molecule has 0 bridgehead atoms. The summed E-state index contributed by atoms with van der Waals surface area (Å²) in [5.41, 5.74) is 5.41. The van der Waals surface area contributed by atoms with Crippen molar-refractivity contribution in [3.63, 3.8) is 0 Å². The average molecular weight is 464 g/mol. The van der Waals surface area contributed by atoms with Crippen molar-refractivity contribution in [2.75, 3.05) is 33.3 Å². The molecule has 3 aromatic rings. The number of rotatable bonds is 12. The van der Waals surface area contributed by atoms with E-state index in [0.29, 0.717) is 18.2 Å². The van der Waals surface area contributed by atoms with Crippen molar-refractivity contribution in [1.82, 2.24) is 25.5 Å². The first-order valence-corrected chi connectivity index (χ1v) is 12.5. The van der Waals surface area contributed by atoms with E-state index >= 15 is 0 Å². The first kappa shape index (κ1) is 24.4. The second-order valence-corrected chi connectivity index (χ2v) is 9.31. The molecule has 0 saturated carbocycles. The number of carbonyl (C=O) groups excluding carboxylic acids is 1. The highest BCUT2D eigenvalue weighted by atomic mass is 16.2. The summed E-state index contributed by atoms with van der Waals surface area (Å²) in [6, 6.07) is 10.1. The molecule has 2 aromatic heterocycles. The number of nitrogens with one attached hydrogen (secondary N) is 3. The van der Waals surface area contributed by atoms with Crippen LogP contribution in [0.4, 0.5) is 0 Å². The molecule has 1 atom stereocenters. The first-order chi connectivity index (χ1) is 16.7. The highest BCUT2D eigenvalue weighted by Crippen LogP contribution is 2.35. The summed E-state index contributed by atoms with van der Waals surface area (Å²) < 4.78 is 0. The molecule has 4 N–H and O–H groups in total. The summed E-state index contributed by atoms with van der Waals surface area (Å²) in [4.78, 5) is 22.8. The normalized spacial score (nSPS) is 15.6. The molecular formula is C27H37N5O2. The molecule has 7 heteroatoms. The van der Waals surface area contributed by atoms with Crippen molar-refractivity contribution in [2.45, 2.75) is 51.1 Å². The molecule has 1 aliphatic carbocycles. The molecule has 2 heterocycles. The molecule has 1 unspecified atom stereocenters. The molecule has 4 rings (SSSR count). The smallest absolute Gasteiger partial charge is 0.251 e. The molecule has 1 aromatic carbocycles. The predicted octanol–water partition coefficient (Wildman–Crippen LogP) is 3.55. The van der Waals surface area contributed by atoms with Crippen LogP contribution in [0, 0.1) is 0 Å². The van der Waals surface area contributed by atoms with Crippen molar-refractivity contribution in [3.8, 4) is 0 Å². The first-order valence-electron chi connectivity index (χ1n) is 12.5. The fourth-order valence-electron chi connectivity index (χ4n) is 4.83. The number of H-pyrrole nitrogens is 1. The molecule has 182 valence electrons. The minimum absolute atomic E-state index is 0.0608. The maximum absolute atomic E-state index is 12.8. The third-order valence-corrected chi connectivity index (χ3v) is 6.70. The summed E-state index contributed by atoms with van der Waals surface area (Å²) >= 11 is 0.